The largest absolute Gasteiger partial charge is 0.462 e. The Morgan fingerprint density at radius 2 is 1.95 bits per heavy atom. The van der Waals surface area contributed by atoms with Crippen molar-refractivity contribution in [2.45, 2.75) is 19.9 Å². The average molecular weight is 290 g/mol. The SMILES string of the molecule is Cc1ccc(/C=C/C(=O)NC(C)c2ccc(Cl)cc2)o1. The molecule has 1 N–H and O–H groups in total. The summed E-state index contributed by atoms with van der Waals surface area (Å²) >= 11 is 5.83. The van der Waals surface area contributed by atoms with Crippen LogP contribution in [0.3, 0.4) is 0 Å². The molecule has 0 aliphatic heterocycles. The molecule has 0 fully saturated rings. The van der Waals surface area contributed by atoms with Crippen molar-refractivity contribution in [3.8, 4) is 0 Å². The van der Waals surface area contributed by atoms with E-state index in [1.54, 1.807) is 18.2 Å². The van der Waals surface area contributed by atoms with E-state index in [1.165, 1.54) is 6.08 Å². The molecule has 2 rings (SSSR count). The highest BCUT2D eigenvalue weighted by Crippen LogP contribution is 2.16. The number of carbonyl (C=O) groups is 1. The van der Waals surface area contributed by atoms with Crippen LogP contribution in [0.4, 0.5) is 0 Å². The van der Waals surface area contributed by atoms with E-state index in [9.17, 15) is 4.79 Å². The molecule has 2 aromatic rings. The first-order chi connectivity index (χ1) is 9.54. The number of halogens is 1. The summed E-state index contributed by atoms with van der Waals surface area (Å²) in [4.78, 5) is 11.8. The number of aryl methyl sites for hydroxylation is 1. The molecule has 1 unspecified atom stereocenters. The molecule has 1 heterocycles. The van der Waals surface area contributed by atoms with Crippen molar-refractivity contribution >= 4 is 23.6 Å². The first-order valence-corrected chi connectivity index (χ1v) is 6.73. The maximum Gasteiger partial charge on any atom is 0.244 e. The van der Waals surface area contributed by atoms with Gasteiger partial charge in [-0.1, -0.05) is 23.7 Å². The zero-order chi connectivity index (χ0) is 14.5. The Labute approximate surface area is 123 Å². The van der Waals surface area contributed by atoms with Gasteiger partial charge in [0.1, 0.15) is 11.5 Å². The first-order valence-electron chi connectivity index (χ1n) is 6.35. The molecule has 3 nitrogen and oxygen atoms in total. The van der Waals surface area contributed by atoms with Crippen LogP contribution in [-0.2, 0) is 4.79 Å². The lowest BCUT2D eigenvalue weighted by Gasteiger charge is -2.12. The van der Waals surface area contributed by atoms with Gasteiger partial charge in [0.05, 0.1) is 6.04 Å². The zero-order valence-corrected chi connectivity index (χ0v) is 12.1. The van der Waals surface area contributed by atoms with E-state index in [0.717, 1.165) is 11.3 Å². The molecule has 0 bridgehead atoms. The molecule has 0 saturated carbocycles. The molecule has 1 amide bonds. The Bertz CT molecular complexity index is 614. The molecule has 0 saturated heterocycles. The van der Waals surface area contributed by atoms with E-state index in [4.69, 9.17) is 16.0 Å². The van der Waals surface area contributed by atoms with Crippen molar-refractivity contribution in [3.05, 3.63) is 64.6 Å². The Morgan fingerprint density at radius 1 is 1.25 bits per heavy atom. The summed E-state index contributed by atoms with van der Waals surface area (Å²) < 4.78 is 5.36. The van der Waals surface area contributed by atoms with Gasteiger partial charge >= 0.3 is 0 Å². The molecule has 1 atom stereocenters. The molecule has 1 aromatic heterocycles. The summed E-state index contributed by atoms with van der Waals surface area (Å²) in [6.07, 6.45) is 3.11. The van der Waals surface area contributed by atoms with E-state index < -0.39 is 0 Å². The number of nitrogens with one attached hydrogen (secondary N) is 1. The van der Waals surface area contributed by atoms with Gasteiger partial charge in [-0.25, -0.2) is 0 Å². The molecule has 20 heavy (non-hydrogen) atoms. The van der Waals surface area contributed by atoms with Gasteiger partial charge in [-0.3, -0.25) is 4.79 Å². The minimum absolute atomic E-state index is 0.0808. The lowest BCUT2D eigenvalue weighted by molar-refractivity contribution is -0.117. The molecular weight excluding hydrogens is 274 g/mol. The summed E-state index contributed by atoms with van der Waals surface area (Å²) in [6.45, 7) is 3.78. The standard InChI is InChI=1S/C16H16ClNO2/c1-11-3-8-15(20-11)9-10-16(19)18-12(2)13-4-6-14(17)7-5-13/h3-10,12H,1-2H3,(H,18,19)/b10-9+. The van der Waals surface area contributed by atoms with Crippen LogP contribution in [0.15, 0.2) is 46.9 Å². The molecule has 0 radical (unpaired) electrons. The minimum Gasteiger partial charge on any atom is -0.462 e. The quantitative estimate of drug-likeness (QED) is 0.860. The van der Waals surface area contributed by atoms with Crippen molar-refractivity contribution in [1.82, 2.24) is 5.32 Å². The van der Waals surface area contributed by atoms with Gasteiger partial charge < -0.3 is 9.73 Å². The molecule has 1 aromatic carbocycles. The minimum atomic E-state index is -0.165. The molecule has 0 spiro atoms. The first kappa shape index (κ1) is 14.4. The Balaban J connectivity index is 1.94. The third-order valence-electron chi connectivity index (χ3n) is 2.89. The Hall–Kier alpha value is -2.00. The van der Waals surface area contributed by atoms with E-state index in [0.29, 0.717) is 10.8 Å². The predicted octanol–water partition coefficient (Wildman–Crippen LogP) is 4.13. The van der Waals surface area contributed by atoms with Gasteiger partial charge in [0.15, 0.2) is 0 Å². The van der Waals surface area contributed by atoms with Crippen LogP contribution in [-0.4, -0.2) is 5.91 Å². The summed E-state index contributed by atoms with van der Waals surface area (Å²) in [5.74, 6) is 1.32. The molecule has 104 valence electrons. The second-order valence-corrected chi connectivity index (χ2v) is 5.00. The van der Waals surface area contributed by atoms with Crippen LogP contribution in [0.1, 0.15) is 30.0 Å². The fraction of sp³-hybridized carbons (Fsp3) is 0.188. The Kier molecular flexibility index (Phi) is 4.64. The van der Waals surface area contributed by atoms with Crippen molar-refractivity contribution in [2.75, 3.05) is 0 Å². The van der Waals surface area contributed by atoms with Crippen molar-refractivity contribution in [1.29, 1.82) is 0 Å². The number of hydrogen-bond donors (Lipinski definition) is 1. The maximum absolute atomic E-state index is 11.8. The Morgan fingerprint density at radius 3 is 2.55 bits per heavy atom. The van der Waals surface area contributed by atoms with Gasteiger partial charge in [-0.05, 0) is 49.8 Å². The molecule has 4 heteroatoms. The number of benzene rings is 1. The highest BCUT2D eigenvalue weighted by molar-refractivity contribution is 6.30. The van der Waals surface area contributed by atoms with Crippen LogP contribution < -0.4 is 5.32 Å². The summed E-state index contributed by atoms with van der Waals surface area (Å²) in [6, 6.07) is 11.0. The van der Waals surface area contributed by atoms with Crippen LogP contribution in [0.25, 0.3) is 6.08 Å². The third-order valence-corrected chi connectivity index (χ3v) is 3.14. The monoisotopic (exact) mass is 289 g/mol. The van der Waals surface area contributed by atoms with Gasteiger partial charge in [0.25, 0.3) is 0 Å². The van der Waals surface area contributed by atoms with Gasteiger partial charge in [-0.15, -0.1) is 0 Å². The highest BCUT2D eigenvalue weighted by Gasteiger charge is 2.07. The van der Waals surface area contributed by atoms with Crippen molar-refractivity contribution < 1.29 is 9.21 Å². The van der Waals surface area contributed by atoms with Gasteiger partial charge in [0.2, 0.25) is 5.91 Å². The summed E-state index contributed by atoms with van der Waals surface area (Å²) in [5.41, 5.74) is 1.00. The smallest absolute Gasteiger partial charge is 0.244 e. The maximum atomic E-state index is 11.8. The summed E-state index contributed by atoms with van der Waals surface area (Å²) in [7, 11) is 0. The van der Waals surface area contributed by atoms with Crippen LogP contribution in [0, 0.1) is 6.92 Å². The molecular formula is C16H16ClNO2. The highest BCUT2D eigenvalue weighted by atomic mass is 35.5. The normalized spacial score (nSPS) is 12.6. The molecule has 0 aliphatic carbocycles. The second-order valence-electron chi connectivity index (χ2n) is 4.56. The predicted molar refractivity (Wildman–Crippen MR) is 80.5 cm³/mol. The van der Waals surface area contributed by atoms with E-state index >= 15 is 0 Å². The van der Waals surface area contributed by atoms with E-state index in [1.807, 2.05) is 38.1 Å². The van der Waals surface area contributed by atoms with Crippen LogP contribution >= 0.6 is 11.6 Å². The van der Waals surface area contributed by atoms with Crippen LogP contribution in [0.5, 0.6) is 0 Å². The number of amides is 1. The van der Waals surface area contributed by atoms with Crippen molar-refractivity contribution in [2.24, 2.45) is 0 Å². The lowest BCUT2D eigenvalue weighted by atomic mass is 10.1. The topological polar surface area (TPSA) is 42.2 Å². The average Bonchev–Trinajstić information content (AvgIpc) is 2.83. The fourth-order valence-corrected chi connectivity index (χ4v) is 1.92. The third kappa shape index (κ3) is 4.00. The zero-order valence-electron chi connectivity index (χ0n) is 11.4. The van der Waals surface area contributed by atoms with Crippen LogP contribution in [0.2, 0.25) is 5.02 Å². The van der Waals surface area contributed by atoms with E-state index in [-0.39, 0.29) is 11.9 Å². The van der Waals surface area contributed by atoms with Gasteiger partial charge in [-0.2, -0.15) is 0 Å². The van der Waals surface area contributed by atoms with E-state index in [2.05, 4.69) is 5.32 Å². The fourth-order valence-electron chi connectivity index (χ4n) is 1.80. The number of rotatable bonds is 4. The van der Waals surface area contributed by atoms with Crippen molar-refractivity contribution in [3.63, 3.8) is 0 Å². The summed E-state index contributed by atoms with van der Waals surface area (Å²) in [5, 5.41) is 3.56. The number of furan rings is 1. The molecule has 0 aliphatic rings. The number of hydrogen-bond acceptors (Lipinski definition) is 2. The lowest BCUT2D eigenvalue weighted by Crippen LogP contribution is -2.24. The second kappa shape index (κ2) is 6.44. The van der Waals surface area contributed by atoms with Gasteiger partial charge in [0, 0.05) is 11.1 Å². The number of carbonyl (C=O) groups excluding carboxylic acids is 1.